The van der Waals surface area contributed by atoms with Crippen molar-refractivity contribution in [3.8, 4) is 17.4 Å². The number of hydrogen-bond donors (Lipinski definition) is 1. The highest BCUT2D eigenvalue weighted by Gasteiger charge is 2.36. The molecule has 0 saturated carbocycles. The van der Waals surface area contributed by atoms with Gasteiger partial charge in [0.1, 0.15) is 12.7 Å². The summed E-state index contributed by atoms with van der Waals surface area (Å²) in [4.78, 5) is 53.0. The lowest BCUT2D eigenvalue weighted by Gasteiger charge is -2.13. The molecule has 2 aromatic carbocycles. The molecule has 3 amide bonds. The number of amides is 3. The SMILES string of the molecule is COc1cc(/C=C2/SC(=O)N(CC(=O)Nc3ccc(C)c(C)c3)C2=O)ccc1Oc1ccc([N+](=O)[O-])cn1. The van der Waals surface area contributed by atoms with E-state index in [1.54, 1.807) is 24.3 Å². The standard InChI is InChI=1S/C26H22N4O7S/c1-15-4-6-18(10-16(15)2)28-23(31)14-29-25(32)22(38-26(29)33)12-17-5-8-20(21(11-17)36-3)37-24-9-7-19(13-27-24)30(34)35/h4-13H,14H2,1-3H3,(H,28,31)/b22-12+. The summed E-state index contributed by atoms with van der Waals surface area (Å²) in [5.41, 5.74) is 3.05. The smallest absolute Gasteiger partial charge is 0.294 e. The molecule has 1 aliphatic heterocycles. The van der Waals surface area contributed by atoms with E-state index in [4.69, 9.17) is 9.47 Å². The number of nitrogens with zero attached hydrogens (tertiary/aromatic N) is 3. The van der Waals surface area contributed by atoms with Crippen LogP contribution in [0.15, 0.2) is 59.6 Å². The minimum Gasteiger partial charge on any atom is -0.493 e. The molecule has 38 heavy (non-hydrogen) atoms. The fourth-order valence-corrected chi connectivity index (χ4v) is 4.30. The Morgan fingerprint density at radius 1 is 1.11 bits per heavy atom. The van der Waals surface area contributed by atoms with Crippen molar-refractivity contribution in [1.29, 1.82) is 0 Å². The lowest BCUT2D eigenvalue weighted by atomic mass is 10.1. The molecule has 11 nitrogen and oxygen atoms in total. The highest BCUT2D eigenvalue weighted by molar-refractivity contribution is 8.18. The third-order valence-corrected chi connectivity index (χ3v) is 6.50. The zero-order valence-corrected chi connectivity index (χ0v) is 21.4. The first kappa shape index (κ1) is 26.4. The van der Waals surface area contributed by atoms with Gasteiger partial charge in [-0.15, -0.1) is 0 Å². The fraction of sp³-hybridized carbons (Fsp3) is 0.154. The van der Waals surface area contributed by atoms with Gasteiger partial charge in [0.2, 0.25) is 11.8 Å². The van der Waals surface area contributed by atoms with Crippen LogP contribution in [0.1, 0.15) is 16.7 Å². The summed E-state index contributed by atoms with van der Waals surface area (Å²) in [6.45, 7) is 3.47. The summed E-state index contributed by atoms with van der Waals surface area (Å²) in [5, 5.41) is 13.0. The molecule has 3 aromatic rings. The maximum atomic E-state index is 12.9. The number of ether oxygens (including phenoxy) is 2. The third kappa shape index (κ3) is 5.98. The van der Waals surface area contributed by atoms with Gasteiger partial charge in [-0.1, -0.05) is 12.1 Å². The Morgan fingerprint density at radius 3 is 2.55 bits per heavy atom. The molecule has 1 N–H and O–H groups in total. The molecular weight excluding hydrogens is 512 g/mol. The highest BCUT2D eigenvalue weighted by atomic mass is 32.2. The molecule has 1 aromatic heterocycles. The number of hydrogen-bond acceptors (Lipinski definition) is 9. The number of nitro groups is 1. The third-order valence-electron chi connectivity index (χ3n) is 5.60. The predicted molar refractivity (Wildman–Crippen MR) is 141 cm³/mol. The average Bonchev–Trinajstić information content (AvgIpc) is 3.14. The van der Waals surface area contributed by atoms with Crippen molar-refractivity contribution < 1.29 is 28.8 Å². The molecule has 0 aliphatic carbocycles. The van der Waals surface area contributed by atoms with Crippen LogP contribution in [0.5, 0.6) is 17.4 Å². The van der Waals surface area contributed by atoms with Crippen LogP contribution in [0.2, 0.25) is 0 Å². The Balaban J connectivity index is 1.45. The van der Waals surface area contributed by atoms with E-state index in [1.165, 1.54) is 25.3 Å². The lowest BCUT2D eigenvalue weighted by Crippen LogP contribution is -2.36. The van der Waals surface area contributed by atoms with E-state index in [0.29, 0.717) is 22.7 Å². The maximum absolute atomic E-state index is 12.9. The van der Waals surface area contributed by atoms with E-state index in [2.05, 4.69) is 10.3 Å². The molecule has 0 spiro atoms. The molecule has 1 saturated heterocycles. The summed E-state index contributed by atoms with van der Waals surface area (Å²) < 4.78 is 11.0. The summed E-state index contributed by atoms with van der Waals surface area (Å²) in [7, 11) is 1.43. The Labute approximate surface area is 221 Å². The van der Waals surface area contributed by atoms with Crippen LogP contribution in [0, 0.1) is 24.0 Å². The number of pyridine rings is 1. The molecule has 1 fully saturated rings. The molecule has 2 heterocycles. The van der Waals surface area contributed by atoms with E-state index in [9.17, 15) is 24.5 Å². The van der Waals surface area contributed by atoms with Gasteiger partial charge in [0, 0.05) is 17.8 Å². The average molecular weight is 535 g/mol. The van der Waals surface area contributed by atoms with E-state index in [0.717, 1.165) is 34.0 Å². The van der Waals surface area contributed by atoms with Gasteiger partial charge in [0.15, 0.2) is 11.5 Å². The van der Waals surface area contributed by atoms with Crippen LogP contribution in [-0.4, -0.2) is 45.5 Å². The topological polar surface area (TPSA) is 141 Å². The quantitative estimate of drug-likeness (QED) is 0.238. The fourth-order valence-electron chi connectivity index (χ4n) is 3.46. The zero-order chi connectivity index (χ0) is 27.4. The monoisotopic (exact) mass is 534 g/mol. The van der Waals surface area contributed by atoms with Crippen LogP contribution in [0.4, 0.5) is 16.2 Å². The van der Waals surface area contributed by atoms with Crippen LogP contribution >= 0.6 is 11.8 Å². The van der Waals surface area contributed by atoms with Gasteiger partial charge in [0.25, 0.3) is 16.8 Å². The highest BCUT2D eigenvalue weighted by Crippen LogP contribution is 2.36. The number of thioether (sulfide) groups is 1. The molecular formula is C26H22N4O7S. The van der Waals surface area contributed by atoms with Crippen molar-refractivity contribution in [2.75, 3.05) is 19.0 Å². The second-order valence-electron chi connectivity index (χ2n) is 8.24. The number of aromatic nitrogens is 1. The van der Waals surface area contributed by atoms with Crippen LogP contribution in [-0.2, 0) is 9.59 Å². The van der Waals surface area contributed by atoms with Crippen LogP contribution in [0.25, 0.3) is 6.08 Å². The van der Waals surface area contributed by atoms with Crippen molar-refractivity contribution in [3.05, 3.63) is 86.4 Å². The first-order chi connectivity index (χ1) is 18.1. The van der Waals surface area contributed by atoms with E-state index in [1.807, 2.05) is 26.0 Å². The second kappa shape index (κ2) is 11.1. The normalized spacial score (nSPS) is 14.1. The maximum Gasteiger partial charge on any atom is 0.294 e. The first-order valence-corrected chi connectivity index (χ1v) is 12.0. The van der Waals surface area contributed by atoms with Gasteiger partial charge in [0.05, 0.1) is 16.9 Å². The van der Waals surface area contributed by atoms with Crippen molar-refractivity contribution in [3.63, 3.8) is 0 Å². The molecule has 12 heteroatoms. The molecule has 4 rings (SSSR count). The van der Waals surface area contributed by atoms with Crippen LogP contribution in [0.3, 0.4) is 0 Å². The van der Waals surface area contributed by atoms with E-state index in [-0.39, 0.29) is 16.5 Å². The minimum absolute atomic E-state index is 0.127. The molecule has 0 atom stereocenters. The number of anilines is 1. The lowest BCUT2D eigenvalue weighted by molar-refractivity contribution is -0.385. The zero-order valence-electron chi connectivity index (χ0n) is 20.6. The van der Waals surface area contributed by atoms with Crippen molar-refractivity contribution >= 4 is 46.3 Å². The van der Waals surface area contributed by atoms with Crippen LogP contribution < -0.4 is 14.8 Å². The number of aryl methyl sites for hydroxylation is 2. The number of rotatable bonds is 8. The Hall–Kier alpha value is -4.71. The number of carbonyl (C=O) groups excluding carboxylic acids is 3. The summed E-state index contributed by atoms with van der Waals surface area (Å²) in [5.74, 6) is -0.334. The van der Waals surface area contributed by atoms with Gasteiger partial charge in [-0.2, -0.15) is 0 Å². The predicted octanol–water partition coefficient (Wildman–Crippen LogP) is 5.08. The summed E-state index contributed by atoms with van der Waals surface area (Å²) in [6.07, 6.45) is 2.59. The summed E-state index contributed by atoms with van der Waals surface area (Å²) >= 11 is 0.735. The molecule has 194 valence electrons. The summed E-state index contributed by atoms with van der Waals surface area (Å²) in [6, 6.07) is 12.9. The van der Waals surface area contributed by atoms with Gasteiger partial charge in [-0.25, -0.2) is 4.98 Å². The Bertz CT molecular complexity index is 1470. The Morgan fingerprint density at radius 2 is 1.89 bits per heavy atom. The molecule has 0 unspecified atom stereocenters. The van der Waals surface area contributed by atoms with Crippen molar-refractivity contribution in [2.24, 2.45) is 0 Å². The van der Waals surface area contributed by atoms with Gasteiger partial charge in [-0.3, -0.25) is 29.4 Å². The van der Waals surface area contributed by atoms with Crippen molar-refractivity contribution in [1.82, 2.24) is 9.88 Å². The number of benzene rings is 2. The Kier molecular flexibility index (Phi) is 7.72. The molecule has 0 radical (unpaired) electrons. The first-order valence-electron chi connectivity index (χ1n) is 11.2. The van der Waals surface area contributed by atoms with Crippen molar-refractivity contribution in [2.45, 2.75) is 13.8 Å². The number of carbonyl (C=O) groups is 3. The van der Waals surface area contributed by atoms with Gasteiger partial charge in [-0.05, 0) is 72.6 Å². The minimum atomic E-state index is -0.579. The van der Waals surface area contributed by atoms with E-state index >= 15 is 0 Å². The number of imide groups is 1. The van der Waals surface area contributed by atoms with Gasteiger partial charge >= 0.3 is 0 Å². The molecule has 0 bridgehead atoms. The number of methoxy groups -OCH3 is 1. The van der Waals surface area contributed by atoms with Gasteiger partial charge < -0.3 is 14.8 Å². The van der Waals surface area contributed by atoms with E-state index < -0.39 is 28.5 Å². The molecule has 1 aliphatic rings. The second-order valence-corrected chi connectivity index (χ2v) is 9.23. The largest absolute Gasteiger partial charge is 0.493 e. The number of nitrogens with one attached hydrogen (secondary N) is 1.